The Kier molecular flexibility index (Phi) is 6.08. The molecular formula is C24H28N2O4. The lowest BCUT2D eigenvalue weighted by Crippen LogP contribution is -2.74. The molecule has 0 saturated carbocycles. The molecule has 4 rings (SSSR count). The highest BCUT2D eigenvalue weighted by molar-refractivity contribution is 6.09. The summed E-state index contributed by atoms with van der Waals surface area (Å²) in [6.45, 7) is 7.04. The summed E-state index contributed by atoms with van der Waals surface area (Å²) >= 11 is 0. The number of piperidine rings is 1. The first kappa shape index (κ1) is 21.7. The van der Waals surface area contributed by atoms with Crippen molar-refractivity contribution in [2.24, 2.45) is 5.41 Å². The van der Waals surface area contributed by atoms with E-state index in [-0.39, 0.29) is 17.2 Å². The summed E-state index contributed by atoms with van der Waals surface area (Å²) in [5, 5.41) is 11.2. The van der Waals surface area contributed by atoms with Crippen LogP contribution in [-0.4, -0.2) is 46.3 Å². The van der Waals surface area contributed by atoms with Gasteiger partial charge in [0.1, 0.15) is 5.54 Å². The molecule has 2 aliphatic rings. The fourth-order valence-corrected chi connectivity index (χ4v) is 3.40. The molecule has 6 heteroatoms. The number of ketones is 1. The molecule has 2 N–H and O–H groups in total. The number of anilines is 1. The van der Waals surface area contributed by atoms with Gasteiger partial charge in [0.2, 0.25) is 5.91 Å². The first-order valence-electron chi connectivity index (χ1n) is 10.1. The van der Waals surface area contributed by atoms with Gasteiger partial charge in [0.25, 0.3) is 0 Å². The average molecular weight is 408 g/mol. The zero-order valence-corrected chi connectivity index (χ0v) is 17.6. The van der Waals surface area contributed by atoms with Crippen LogP contribution in [0.2, 0.25) is 0 Å². The number of carbonyl (C=O) groups excluding carboxylic acids is 2. The summed E-state index contributed by atoms with van der Waals surface area (Å²) in [7, 11) is 0. The fourth-order valence-electron chi connectivity index (χ4n) is 3.40. The molecule has 0 atom stereocenters. The number of carbonyl (C=O) groups is 3. The minimum atomic E-state index is -0.757. The van der Waals surface area contributed by atoms with Crippen LogP contribution >= 0.6 is 0 Å². The largest absolute Gasteiger partial charge is 0.481 e. The van der Waals surface area contributed by atoms with Gasteiger partial charge in [-0.2, -0.15) is 0 Å². The van der Waals surface area contributed by atoms with Crippen LogP contribution in [0.5, 0.6) is 0 Å². The zero-order chi connectivity index (χ0) is 21.9. The molecule has 0 aliphatic carbocycles. The Morgan fingerprint density at radius 1 is 0.900 bits per heavy atom. The van der Waals surface area contributed by atoms with E-state index < -0.39 is 11.4 Å². The monoisotopic (exact) mass is 408 g/mol. The Labute approximate surface area is 176 Å². The zero-order valence-electron chi connectivity index (χ0n) is 17.6. The smallest absolute Gasteiger partial charge is 0.308 e. The molecule has 0 spiro atoms. The third-order valence-corrected chi connectivity index (χ3v) is 5.70. The predicted molar refractivity (Wildman–Crippen MR) is 116 cm³/mol. The van der Waals surface area contributed by atoms with Gasteiger partial charge in [-0.15, -0.1) is 0 Å². The van der Waals surface area contributed by atoms with Crippen molar-refractivity contribution in [2.45, 2.75) is 39.2 Å². The molecule has 0 unspecified atom stereocenters. The van der Waals surface area contributed by atoms with E-state index in [0.717, 1.165) is 31.6 Å². The molecule has 2 aromatic carbocycles. The molecule has 2 saturated heterocycles. The van der Waals surface area contributed by atoms with Crippen LogP contribution in [0.3, 0.4) is 0 Å². The van der Waals surface area contributed by atoms with Crippen molar-refractivity contribution in [3.63, 3.8) is 0 Å². The van der Waals surface area contributed by atoms with E-state index in [1.165, 1.54) is 0 Å². The molecule has 1 amide bonds. The Balaban J connectivity index is 0.000000318. The highest BCUT2D eigenvalue weighted by Crippen LogP contribution is 2.43. The van der Waals surface area contributed by atoms with E-state index in [2.05, 4.69) is 10.2 Å². The van der Waals surface area contributed by atoms with E-state index in [9.17, 15) is 14.4 Å². The number of fused-ring (bicyclic) bond motifs is 1. The summed E-state index contributed by atoms with van der Waals surface area (Å²) < 4.78 is 0. The van der Waals surface area contributed by atoms with Crippen LogP contribution in [0.4, 0.5) is 5.69 Å². The quantitative estimate of drug-likeness (QED) is 0.751. The van der Waals surface area contributed by atoms with Gasteiger partial charge in [-0.3, -0.25) is 19.3 Å². The van der Waals surface area contributed by atoms with Crippen LogP contribution in [0.25, 0.3) is 0 Å². The second-order valence-electron chi connectivity index (χ2n) is 8.80. The Morgan fingerprint density at radius 2 is 1.40 bits per heavy atom. The molecule has 2 heterocycles. The second kappa shape index (κ2) is 8.40. The minimum Gasteiger partial charge on any atom is -0.481 e. The lowest BCUT2D eigenvalue weighted by molar-refractivity contribution is -0.155. The fraction of sp³-hybridized carbons (Fsp3) is 0.375. The maximum Gasteiger partial charge on any atom is 0.308 e. The minimum absolute atomic E-state index is 0.00812. The normalized spacial score (nSPS) is 16.6. The number of amides is 1. The van der Waals surface area contributed by atoms with Gasteiger partial charge in [-0.25, -0.2) is 0 Å². The third kappa shape index (κ3) is 4.44. The molecule has 0 bridgehead atoms. The summed E-state index contributed by atoms with van der Waals surface area (Å²) in [6.07, 6.45) is 1.90. The van der Waals surface area contributed by atoms with Crippen molar-refractivity contribution in [3.05, 3.63) is 65.7 Å². The average Bonchev–Trinajstić information content (AvgIpc) is 2.71. The van der Waals surface area contributed by atoms with Gasteiger partial charge in [0.05, 0.1) is 5.41 Å². The summed E-state index contributed by atoms with van der Waals surface area (Å²) in [5.74, 6) is -0.684. The maximum absolute atomic E-state index is 12.4. The number of aliphatic carboxylic acids is 1. The molecule has 0 aromatic heterocycles. The molecular weight excluding hydrogens is 380 g/mol. The van der Waals surface area contributed by atoms with Gasteiger partial charge < -0.3 is 10.4 Å². The summed E-state index contributed by atoms with van der Waals surface area (Å²) in [4.78, 5) is 37.0. The van der Waals surface area contributed by atoms with E-state index >= 15 is 0 Å². The van der Waals surface area contributed by atoms with E-state index in [0.29, 0.717) is 11.1 Å². The van der Waals surface area contributed by atoms with Gasteiger partial charge >= 0.3 is 5.97 Å². The number of carboxylic acids is 1. The van der Waals surface area contributed by atoms with Gasteiger partial charge in [-0.05, 0) is 57.9 Å². The highest BCUT2D eigenvalue weighted by atomic mass is 16.4. The van der Waals surface area contributed by atoms with Crippen molar-refractivity contribution in [3.8, 4) is 0 Å². The molecule has 30 heavy (non-hydrogen) atoms. The lowest BCUT2D eigenvalue weighted by atomic mass is 9.73. The molecule has 2 aliphatic heterocycles. The van der Waals surface area contributed by atoms with Crippen LogP contribution < -0.4 is 5.32 Å². The highest BCUT2D eigenvalue weighted by Gasteiger charge is 2.57. The molecule has 0 radical (unpaired) electrons. The molecule has 158 valence electrons. The second-order valence-corrected chi connectivity index (χ2v) is 8.80. The van der Waals surface area contributed by atoms with Gasteiger partial charge in [-0.1, -0.05) is 30.3 Å². The van der Waals surface area contributed by atoms with E-state index in [4.69, 9.17) is 5.11 Å². The van der Waals surface area contributed by atoms with Gasteiger partial charge in [0, 0.05) is 29.9 Å². The summed E-state index contributed by atoms with van der Waals surface area (Å²) in [5.41, 5.74) is 1.20. The van der Waals surface area contributed by atoms with E-state index in [1.54, 1.807) is 57.2 Å². The number of carboxylic acid groups (broad SMARTS) is 1. The van der Waals surface area contributed by atoms with Gasteiger partial charge in [0.15, 0.2) is 5.78 Å². The topological polar surface area (TPSA) is 86.7 Å². The Hall–Kier alpha value is -2.99. The number of hydrogen-bond acceptors (Lipinski definition) is 4. The summed E-state index contributed by atoms with van der Waals surface area (Å²) in [6, 6.07) is 16.3. The first-order chi connectivity index (χ1) is 14.1. The van der Waals surface area contributed by atoms with Crippen LogP contribution in [0.1, 0.15) is 49.5 Å². The lowest BCUT2D eigenvalue weighted by Gasteiger charge is -2.59. The first-order valence-corrected chi connectivity index (χ1v) is 10.1. The van der Waals surface area contributed by atoms with Crippen molar-refractivity contribution >= 4 is 23.3 Å². The van der Waals surface area contributed by atoms with Crippen molar-refractivity contribution in [2.75, 3.05) is 18.4 Å². The van der Waals surface area contributed by atoms with E-state index in [1.807, 2.05) is 18.2 Å². The van der Waals surface area contributed by atoms with Crippen LogP contribution in [0.15, 0.2) is 54.6 Å². The van der Waals surface area contributed by atoms with Crippen LogP contribution in [-0.2, 0) is 9.59 Å². The van der Waals surface area contributed by atoms with Crippen molar-refractivity contribution < 1.29 is 19.5 Å². The Morgan fingerprint density at radius 3 is 1.80 bits per heavy atom. The third-order valence-electron chi connectivity index (χ3n) is 5.70. The van der Waals surface area contributed by atoms with Crippen molar-refractivity contribution in [1.82, 2.24) is 4.90 Å². The van der Waals surface area contributed by atoms with Crippen LogP contribution in [0, 0.1) is 5.41 Å². The standard InChI is InChI=1S/C19H18N2O2.C5H10O2/c22-17(14-4-2-1-3-5-14)15-6-8-16(9-7-15)20-18(23)19-10-12-21(19)13-11-19;1-5(2,3)4(6)7/h1-9H,10-13H2,(H,20,23);1-3H3,(H,6,7). The number of hydrogen-bond donors (Lipinski definition) is 2. The van der Waals surface area contributed by atoms with Crippen molar-refractivity contribution in [1.29, 1.82) is 0 Å². The Bertz CT molecular complexity index is 922. The molecule has 2 aromatic rings. The molecule has 6 nitrogen and oxygen atoms in total. The number of nitrogens with zero attached hydrogens (tertiary/aromatic N) is 1. The predicted octanol–water partition coefficient (Wildman–Crippen LogP) is 3.82. The molecule has 2 fully saturated rings. The number of benzene rings is 2. The SMILES string of the molecule is CC(C)(C)C(=O)O.O=C(c1ccccc1)c1ccc(NC(=O)C23CCN2CC3)cc1. The maximum atomic E-state index is 12.4. The number of nitrogens with one attached hydrogen (secondary N) is 1. The number of rotatable bonds is 4.